The van der Waals surface area contributed by atoms with E-state index in [1.807, 2.05) is 25.1 Å². The smallest absolute Gasteiger partial charge is 0.246 e. The van der Waals surface area contributed by atoms with Crippen LogP contribution in [0.15, 0.2) is 30.6 Å². The van der Waals surface area contributed by atoms with Gasteiger partial charge >= 0.3 is 0 Å². The highest BCUT2D eigenvalue weighted by Crippen LogP contribution is 2.19. The zero-order valence-corrected chi connectivity index (χ0v) is 12.9. The van der Waals surface area contributed by atoms with Crippen LogP contribution >= 0.6 is 22.6 Å². The van der Waals surface area contributed by atoms with Crippen molar-refractivity contribution in [3.8, 4) is 0 Å². The third kappa shape index (κ3) is 3.32. The number of hydrogen-bond acceptors (Lipinski definition) is 3. The molecule has 1 aromatic carbocycles. The van der Waals surface area contributed by atoms with Crippen molar-refractivity contribution >= 4 is 34.2 Å². The van der Waals surface area contributed by atoms with E-state index >= 15 is 0 Å². The monoisotopic (exact) mass is 370 g/mol. The van der Waals surface area contributed by atoms with E-state index in [1.54, 1.807) is 24.1 Å². The SMILES string of the molecule is Cc1cc(I)ccc1NC(=O)C(N)c1cnn(C)c1. The summed E-state index contributed by atoms with van der Waals surface area (Å²) in [4.78, 5) is 12.1. The largest absolute Gasteiger partial charge is 0.324 e. The first-order chi connectivity index (χ1) is 8.97. The number of aryl methyl sites for hydroxylation is 2. The van der Waals surface area contributed by atoms with E-state index in [1.165, 1.54) is 0 Å². The molecule has 0 radical (unpaired) electrons. The minimum Gasteiger partial charge on any atom is -0.324 e. The Bertz CT molecular complexity index is 608. The molecule has 0 saturated heterocycles. The number of nitrogens with zero attached hydrogens (tertiary/aromatic N) is 2. The first-order valence-electron chi connectivity index (χ1n) is 5.78. The fourth-order valence-electron chi connectivity index (χ4n) is 1.73. The van der Waals surface area contributed by atoms with Gasteiger partial charge in [-0.1, -0.05) is 0 Å². The molecule has 0 aliphatic carbocycles. The summed E-state index contributed by atoms with van der Waals surface area (Å²) in [7, 11) is 1.79. The maximum absolute atomic E-state index is 12.1. The van der Waals surface area contributed by atoms with Gasteiger partial charge in [-0.05, 0) is 53.3 Å². The van der Waals surface area contributed by atoms with Gasteiger partial charge in [0.1, 0.15) is 6.04 Å². The van der Waals surface area contributed by atoms with Crippen LogP contribution in [0.3, 0.4) is 0 Å². The number of hydrogen-bond donors (Lipinski definition) is 2. The Kier molecular flexibility index (Phi) is 4.20. The van der Waals surface area contributed by atoms with Gasteiger partial charge in [0.25, 0.3) is 0 Å². The van der Waals surface area contributed by atoms with Crippen molar-refractivity contribution in [2.75, 3.05) is 5.32 Å². The van der Waals surface area contributed by atoms with E-state index in [-0.39, 0.29) is 5.91 Å². The molecule has 0 aliphatic heterocycles. The highest BCUT2D eigenvalue weighted by molar-refractivity contribution is 14.1. The molecule has 1 amide bonds. The Morgan fingerprint density at radius 1 is 1.53 bits per heavy atom. The number of nitrogens with one attached hydrogen (secondary N) is 1. The molecule has 1 aromatic heterocycles. The van der Waals surface area contributed by atoms with Crippen LogP contribution in [-0.4, -0.2) is 15.7 Å². The molecule has 1 heterocycles. The summed E-state index contributed by atoms with van der Waals surface area (Å²) in [5, 5.41) is 6.85. The van der Waals surface area contributed by atoms with Gasteiger partial charge in [0, 0.05) is 28.1 Å². The first-order valence-corrected chi connectivity index (χ1v) is 6.86. The summed E-state index contributed by atoms with van der Waals surface area (Å²) in [5.74, 6) is -0.239. The summed E-state index contributed by atoms with van der Waals surface area (Å²) in [5.41, 5.74) is 8.40. The fourth-order valence-corrected chi connectivity index (χ4v) is 2.38. The Balaban J connectivity index is 2.12. The van der Waals surface area contributed by atoms with E-state index in [4.69, 9.17) is 5.73 Å². The number of carbonyl (C=O) groups excluding carboxylic acids is 1. The summed E-state index contributed by atoms with van der Waals surface area (Å²) < 4.78 is 2.75. The second-order valence-electron chi connectivity index (χ2n) is 4.37. The number of halogens is 1. The van der Waals surface area contributed by atoms with Crippen molar-refractivity contribution < 1.29 is 4.79 Å². The number of amides is 1. The third-order valence-corrected chi connectivity index (χ3v) is 3.48. The predicted octanol–water partition coefficient (Wildman–Crippen LogP) is 1.97. The topological polar surface area (TPSA) is 72.9 Å². The zero-order valence-electron chi connectivity index (χ0n) is 10.7. The Morgan fingerprint density at radius 3 is 2.84 bits per heavy atom. The molecule has 2 rings (SSSR count). The summed E-state index contributed by atoms with van der Waals surface area (Å²) in [6.07, 6.45) is 3.34. The highest BCUT2D eigenvalue weighted by atomic mass is 127. The molecular formula is C13H15IN4O. The van der Waals surface area contributed by atoms with E-state index in [9.17, 15) is 4.79 Å². The van der Waals surface area contributed by atoms with Crippen molar-refractivity contribution in [1.29, 1.82) is 0 Å². The van der Waals surface area contributed by atoms with Gasteiger partial charge in [0.05, 0.1) is 6.20 Å². The van der Waals surface area contributed by atoms with Crippen LogP contribution in [0.4, 0.5) is 5.69 Å². The molecule has 0 bridgehead atoms. The van der Waals surface area contributed by atoms with Gasteiger partial charge in [-0.25, -0.2) is 0 Å². The Labute approximate surface area is 125 Å². The lowest BCUT2D eigenvalue weighted by Gasteiger charge is -2.12. The van der Waals surface area contributed by atoms with Gasteiger partial charge < -0.3 is 11.1 Å². The standard InChI is InChI=1S/C13H15IN4O/c1-8-5-10(14)3-4-11(8)17-13(19)12(15)9-6-16-18(2)7-9/h3-7,12H,15H2,1-2H3,(H,17,19). The molecule has 1 atom stereocenters. The quantitative estimate of drug-likeness (QED) is 0.812. The molecule has 3 N–H and O–H groups in total. The number of rotatable bonds is 3. The molecule has 0 aliphatic rings. The highest BCUT2D eigenvalue weighted by Gasteiger charge is 2.17. The lowest BCUT2D eigenvalue weighted by molar-refractivity contribution is -0.117. The lowest BCUT2D eigenvalue weighted by Crippen LogP contribution is -2.27. The van der Waals surface area contributed by atoms with Crippen LogP contribution in [0.25, 0.3) is 0 Å². The van der Waals surface area contributed by atoms with Crippen molar-refractivity contribution in [1.82, 2.24) is 9.78 Å². The number of nitrogens with two attached hydrogens (primary N) is 1. The summed E-state index contributed by atoms with van der Waals surface area (Å²) in [6, 6.07) is 5.11. The molecule has 2 aromatic rings. The predicted molar refractivity (Wildman–Crippen MR) is 82.7 cm³/mol. The van der Waals surface area contributed by atoms with E-state index in [0.29, 0.717) is 5.56 Å². The summed E-state index contributed by atoms with van der Waals surface area (Å²) in [6.45, 7) is 1.95. The van der Waals surface area contributed by atoms with Gasteiger partial charge in [0.15, 0.2) is 0 Å². The maximum Gasteiger partial charge on any atom is 0.246 e. The minimum absolute atomic E-state index is 0.239. The fraction of sp³-hybridized carbons (Fsp3) is 0.231. The molecular weight excluding hydrogens is 355 g/mol. The van der Waals surface area contributed by atoms with Gasteiger partial charge in [-0.15, -0.1) is 0 Å². The van der Waals surface area contributed by atoms with Crippen LogP contribution in [0.2, 0.25) is 0 Å². The normalized spacial score (nSPS) is 12.2. The van der Waals surface area contributed by atoms with Gasteiger partial charge in [-0.3, -0.25) is 9.48 Å². The molecule has 0 saturated carbocycles. The molecule has 1 unspecified atom stereocenters. The Hall–Kier alpha value is -1.41. The van der Waals surface area contributed by atoms with E-state index in [0.717, 1.165) is 14.8 Å². The van der Waals surface area contributed by atoms with Crippen molar-refractivity contribution in [2.45, 2.75) is 13.0 Å². The Morgan fingerprint density at radius 2 is 2.26 bits per heavy atom. The van der Waals surface area contributed by atoms with Crippen LogP contribution in [0.5, 0.6) is 0 Å². The van der Waals surface area contributed by atoms with Crippen LogP contribution in [-0.2, 0) is 11.8 Å². The van der Waals surface area contributed by atoms with Crippen LogP contribution < -0.4 is 11.1 Å². The second kappa shape index (κ2) is 5.70. The summed E-state index contributed by atoms with van der Waals surface area (Å²) >= 11 is 2.23. The minimum atomic E-state index is -0.715. The third-order valence-electron chi connectivity index (χ3n) is 2.81. The first kappa shape index (κ1) is 14.0. The van der Waals surface area contributed by atoms with Crippen molar-refractivity contribution in [3.05, 3.63) is 45.3 Å². The zero-order chi connectivity index (χ0) is 14.0. The number of carbonyl (C=O) groups is 1. The average molecular weight is 370 g/mol. The molecule has 5 nitrogen and oxygen atoms in total. The molecule has 6 heteroatoms. The number of benzene rings is 1. The molecule has 19 heavy (non-hydrogen) atoms. The van der Waals surface area contributed by atoms with Crippen molar-refractivity contribution in [2.24, 2.45) is 12.8 Å². The number of aromatic nitrogens is 2. The van der Waals surface area contributed by atoms with Crippen LogP contribution in [0.1, 0.15) is 17.2 Å². The number of anilines is 1. The van der Waals surface area contributed by atoms with Gasteiger partial charge in [0.2, 0.25) is 5.91 Å². The van der Waals surface area contributed by atoms with E-state index < -0.39 is 6.04 Å². The molecule has 100 valence electrons. The van der Waals surface area contributed by atoms with Crippen molar-refractivity contribution in [3.63, 3.8) is 0 Å². The van der Waals surface area contributed by atoms with E-state index in [2.05, 4.69) is 33.0 Å². The maximum atomic E-state index is 12.1. The average Bonchev–Trinajstić information content (AvgIpc) is 2.78. The lowest BCUT2D eigenvalue weighted by atomic mass is 10.1. The molecule has 0 fully saturated rings. The molecule has 0 spiro atoms. The second-order valence-corrected chi connectivity index (χ2v) is 5.62. The van der Waals surface area contributed by atoms with Crippen LogP contribution in [0, 0.1) is 10.5 Å². The van der Waals surface area contributed by atoms with Gasteiger partial charge in [-0.2, -0.15) is 5.10 Å².